The minimum atomic E-state index is -0.400. The Kier molecular flexibility index (Phi) is 3.43. The fourth-order valence-electron chi connectivity index (χ4n) is 2.76. The van der Waals surface area contributed by atoms with E-state index in [1.165, 1.54) is 0 Å². The number of aromatic nitrogens is 2. The average Bonchev–Trinajstić information content (AvgIpc) is 2.89. The zero-order chi connectivity index (χ0) is 15.0. The van der Waals surface area contributed by atoms with Crippen LogP contribution in [-0.4, -0.2) is 51.9 Å². The van der Waals surface area contributed by atoms with E-state index in [2.05, 4.69) is 10.00 Å². The maximum atomic E-state index is 11.8. The van der Waals surface area contributed by atoms with Crippen molar-refractivity contribution in [1.29, 1.82) is 0 Å². The van der Waals surface area contributed by atoms with Crippen LogP contribution in [0, 0.1) is 5.41 Å². The van der Waals surface area contributed by atoms with E-state index in [1.54, 1.807) is 10.7 Å². The lowest BCUT2D eigenvalue weighted by Gasteiger charge is -2.49. The lowest BCUT2D eigenvalue weighted by atomic mass is 9.81. The van der Waals surface area contributed by atoms with Crippen molar-refractivity contribution < 1.29 is 15.0 Å². The number of pyridine rings is 1. The average molecular weight is 289 g/mol. The van der Waals surface area contributed by atoms with E-state index in [9.17, 15) is 15.0 Å². The monoisotopic (exact) mass is 289 g/mol. The number of hydrogen-bond donors (Lipinski definition) is 2. The minimum absolute atomic E-state index is 0.0147. The molecule has 2 aromatic heterocycles. The van der Waals surface area contributed by atoms with Crippen molar-refractivity contribution in [2.75, 3.05) is 31.2 Å². The lowest BCUT2D eigenvalue weighted by molar-refractivity contribution is 0.0306. The number of carbonyl (C=O) groups is 1. The zero-order valence-electron chi connectivity index (χ0n) is 12.0. The van der Waals surface area contributed by atoms with Gasteiger partial charge in [0.15, 0.2) is 5.78 Å². The van der Waals surface area contributed by atoms with Gasteiger partial charge in [0.1, 0.15) is 0 Å². The number of fused-ring (bicyclic) bond motifs is 1. The normalized spacial score (nSPS) is 17.0. The molecule has 6 heteroatoms. The van der Waals surface area contributed by atoms with E-state index in [0.29, 0.717) is 25.1 Å². The summed E-state index contributed by atoms with van der Waals surface area (Å²) in [7, 11) is 0. The van der Waals surface area contributed by atoms with Crippen LogP contribution in [0.5, 0.6) is 0 Å². The molecule has 0 aromatic carbocycles. The Morgan fingerprint density at radius 2 is 2.05 bits per heavy atom. The molecule has 0 aliphatic carbocycles. The first kappa shape index (κ1) is 14.0. The predicted octanol–water partition coefficient (Wildman–Crippen LogP) is 0.718. The molecule has 0 spiro atoms. The number of ketones is 1. The number of aliphatic hydroxyl groups is 2. The largest absolute Gasteiger partial charge is 0.396 e. The van der Waals surface area contributed by atoms with Crippen LogP contribution in [0.2, 0.25) is 0 Å². The maximum absolute atomic E-state index is 11.8. The Hall–Kier alpha value is -1.92. The fraction of sp³-hybridized carbons (Fsp3) is 0.467. The third-order valence-corrected chi connectivity index (χ3v) is 4.21. The highest BCUT2D eigenvalue weighted by atomic mass is 16.3. The third-order valence-electron chi connectivity index (χ3n) is 4.21. The first-order chi connectivity index (χ1) is 10.1. The van der Waals surface area contributed by atoms with Gasteiger partial charge in [-0.25, -0.2) is 4.52 Å². The van der Waals surface area contributed by atoms with Gasteiger partial charge in [0, 0.05) is 19.5 Å². The van der Waals surface area contributed by atoms with E-state index in [1.807, 2.05) is 25.3 Å². The van der Waals surface area contributed by atoms with Crippen molar-refractivity contribution in [3.05, 3.63) is 30.1 Å². The Labute approximate surface area is 122 Å². The minimum Gasteiger partial charge on any atom is -0.396 e. The number of anilines is 1. The molecule has 0 amide bonds. The number of aliphatic hydroxyl groups excluding tert-OH is 2. The van der Waals surface area contributed by atoms with Gasteiger partial charge >= 0.3 is 0 Å². The summed E-state index contributed by atoms with van der Waals surface area (Å²) < 4.78 is 1.70. The standard InChI is InChI=1S/C15H19N3O3/c1-2-14(21)12-5-16-18-6-11(3-4-13(12)18)17-7-15(8-17,9-19)10-20/h3-6,19-20H,2,7-10H2,1H3. The van der Waals surface area contributed by atoms with Gasteiger partial charge in [0.25, 0.3) is 0 Å². The quantitative estimate of drug-likeness (QED) is 0.793. The molecule has 1 fully saturated rings. The molecule has 3 rings (SSSR count). The van der Waals surface area contributed by atoms with Crippen LogP contribution in [0.3, 0.4) is 0 Å². The summed E-state index contributed by atoms with van der Waals surface area (Å²) in [6.45, 7) is 3.04. The van der Waals surface area contributed by atoms with Gasteiger partial charge in [-0.2, -0.15) is 5.10 Å². The van der Waals surface area contributed by atoms with Gasteiger partial charge < -0.3 is 15.1 Å². The molecule has 1 saturated heterocycles. The molecule has 3 heterocycles. The molecule has 0 atom stereocenters. The summed E-state index contributed by atoms with van der Waals surface area (Å²) >= 11 is 0. The van der Waals surface area contributed by atoms with Crippen molar-refractivity contribution in [3.8, 4) is 0 Å². The highest BCUT2D eigenvalue weighted by Crippen LogP contribution is 2.34. The van der Waals surface area contributed by atoms with Crippen molar-refractivity contribution >= 4 is 17.0 Å². The van der Waals surface area contributed by atoms with E-state index >= 15 is 0 Å². The van der Waals surface area contributed by atoms with Gasteiger partial charge in [-0.3, -0.25) is 4.79 Å². The molecule has 1 aliphatic rings. The second kappa shape index (κ2) is 5.13. The Morgan fingerprint density at radius 1 is 1.33 bits per heavy atom. The zero-order valence-corrected chi connectivity index (χ0v) is 12.0. The smallest absolute Gasteiger partial charge is 0.166 e. The predicted molar refractivity (Wildman–Crippen MR) is 78.6 cm³/mol. The molecular formula is C15H19N3O3. The highest BCUT2D eigenvalue weighted by Gasteiger charge is 2.42. The van der Waals surface area contributed by atoms with Gasteiger partial charge in [-0.05, 0) is 12.1 Å². The third kappa shape index (κ3) is 2.20. The van der Waals surface area contributed by atoms with Crippen molar-refractivity contribution in [2.24, 2.45) is 5.41 Å². The highest BCUT2D eigenvalue weighted by molar-refractivity contribution is 6.02. The molecule has 0 saturated carbocycles. The van der Waals surface area contributed by atoms with Crippen LogP contribution in [0.15, 0.2) is 24.5 Å². The van der Waals surface area contributed by atoms with E-state index in [-0.39, 0.29) is 19.0 Å². The maximum Gasteiger partial charge on any atom is 0.166 e. The van der Waals surface area contributed by atoms with Crippen LogP contribution < -0.4 is 4.90 Å². The number of hydrogen-bond acceptors (Lipinski definition) is 5. The molecule has 2 aromatic rings. The molecule has 0 bridgehead atoms. The second-order valence-corrected chi connectivity index (χ2v) is 5.72. The molecule has 21 heavy (non-hydrogen) atoms. The Morgan fingerprint density at radius 3 is 2.67 bits per heavy atom. The summed E-state index contributed by atoms with van der Waals surface area (Å²) in [5.41, 5.74) is 2.02. The van der Waals surface area contributed by atoms with Crippen LogP contribution in [0.4, 0.5) is 5.69 Å². The molecular weight excluding hydrogens is 270 g/mol. The molecule has 2 N–H and O–H groups in total. The molecule has 6 nitrogen and oxygen atoms in total. The van der Waals surface area contributed by atoms with Gasteiger partial charge in [0.05, 0.1) is 47.8 Å². The van der Waals surface area contributed by atoms with Crippen molar-refractivity contribution in [1.82, 2.24) is 9.61 Å². The van der Waals surface area contributed by atoms with E-state index in [4.69, 9.17) is 0 Å². The molecule has 0 unspecified atom stereocenters. The summed E-state index contributed by atoms with van der Waals surface area (Å²) in [4.78, 5) is 13.9. The van der Waals surface area contributed by atoms with Crippen LogP contribution in [0.1, 0.15) is 23.7 Å². The summed E-state index contributed by atoms with van der Waals surface area (Å²) in [6, 6.07) is 3.84. The van der Waals surface area contributed by atoms with Crippen molar-refractivity contribution in [2.45, 2.75) is 13.3 Å². The molecule has 112 valence electrons. The van der Waals surface area contributed by atoms with Gasteiger partial charge in [0.2, 0.25) is 0 Å². The lowest BCUT2D eigenvalue weighted by Crippen LogP contribution is -2.60. The first-order valence-corrected chi connectivity index (χ1v) is 7.10. The van der Waals surface area contributed by atoms with Crippen LogP contribution in [0.25, 0.3) is 5.52 Å². The van der Waals surface area contributed by atoms with E-state index in [0.717, 1.165) is 11.2 Å². The van der Waals surface area contributed by atoms with Gasteiger partial charge in [-0.1, -0.05) is 6.92 Å². The Balaban J connectivity index is 1.85. The summed E-state index contributed by atoms with van der Waals surface area (Å²) in [6.07, 6.45) is 3.94. The molecule has 1 aliphatic heterocycles. The van der Waals surface area contributed by atoms with Crippen molar-refractivity contribution in [3.63, 3.8) is 0 Å². The number of carbonyl (C=O) groups excluding carboxylic acids is 1. The second-order valence-electron chi connectivity index (χ2n) is 5.72. The molecule has 0 radical (unpaired) electrons. The SMILES string of the molecule is CCC(=O)c1cnn2cc(N3CC(CO)(CO)C3)ccc12. The number of nitrogens with zero attached hydrogens (tertiary/aromatic N) is 3. The summed E-state index contributed by atoms with van der Waals surface area (Å²) in [5.74, 6) is 0.0845. The number of Topliss-reactive ketones (excluding diaryl/α,β-unsaturated/α-hetero) is 1. The first-order valence-electron chi connectivity index (χ1n) is 7.10. The van der Waals surface area contributed by atoms with Crippen LogP contribution >= 0.6 is 0 Å². The fourth-order valence-corrected chi connectivity index (χ4v) is 2.76. The number of rotatable bonds is 5. The van der Waals surface area contributed by atoms with Crippen LogP contribution in [-0.2, 0) is 0 Å². The topological polar surface area (TPSA) is 78.1 Å². The Bertz CT molecular complexity index is 668. The van der Waals surface area contributed by atoms with Gasteiger partial charge in [-0.15, -0.1) is 0 Å². The van der Waals surface area contributed by atoms with E-state index < -0.39 is 5.41 Å². The summed E-state index contributed by atoms with van der Waals surface area (Å²) in [5, 5.41) is 22.9.